The van der Waals surface area contributed by atoms with E-state index in [1.807, 2.05) is 18.2 Å². The summed E-state index contributed by atoms with van der Waals surface area (Å²) in [5.74, 6) is -0.812. The number of aromatic nitrogens is 3. The summed E-state index contributed by atoms with van der Waals surface area (Å²) in [4.78, 5) is 30.9. The Kier molecular flexibility index (Phi) is 6.22. The highest BCUT2D eigenvalue weighted by Gasteiger charge is 2.21. The molecule has 0 saturated carbocycles. The number of nitrogens with zero attached hydrogens (tertiary/aromatic N) is 5. The van der Waals surface area contributed by atoms with Gasteiger partial charge in [-0.05, 0) is 25.0 Å². The summed E-state index contributed by atoms with van der Waals surface area (Å²) in [5.41, 5.74) is 17.9. The van der Waals surface area contributed by atoms with E-state index in [1.54, 1.807) is 6.20 Å². The van der Waals surface area contributed by atoms with Crippen LogP contribution in [0.25, 0.3) is 0 Å². The van der Waals surface area contributed by atoms with E-state index >= 15 is 0 Å². The Morgan fingerprint density at radius 2 is 2.00 bits per heavy atom. The Morgan fingerprint density at radius 3 is 2.68 bits per heavy atom. The van der Waals surface area contributed by atoms with Gasteiger partial charge in [0.05, 0.1) is 11.7 Å². The van der Waals surface area contributed by atoms with Gasteiger partial charge in [0.15, 0.2) is 28.4 Å². The Balaban J connectivity index is 1.53. The molecule has 28 heavy (non-hydrogen) atoms. The van der Waals surface area contributed by atoms with Crippen LogP contribution in [-0.2, 0) is 6.54 Å². The lowest BCUT2D eigenvalue weighted by Crippen LogP contribution is -2.41. The third-order valence-electron chi connectivity index (χ3n) is 4.35. The fraction of sp³-hybridized carbons (Fsp3) is 0.353. The van der Waals surface area contributed by atoms with E-state index in [4.69, 9.17) is 28.8 Å². The van der Waals surface area contributed by atoms with Gasteiger partial charge in [-0.1, -0.05) is 17.7 Å². The zero-order valence-electron chi connectivity index (χ0n) is 15.2. The number of guanidine groups is 1. The highest BCUT2D eigenvalue weighted by Crippen LogP contribution is 2.18. The summed E-state index contributed by atoms with van der Waals surface area (Å²) >= 11 is 5.79. The predicted octanol–water partition coefficient (Wildman–Crippen LogP) is 0.399. The molecular formula is C17H22ClN9O. The van der Waals surface area contributed by atoms with Crippen LogP contribution in [0.3, 0.4) is 0 Å². The van der Waals surface area contributed by atoms with Crippen LogP contribution in [0.15, 0.2) is 29.4 Å². The first-order valence-corrected chi connectivity index (χ1v) is 9.15. The lowest BCUT2D eigenvalue weighted by atomic mass is 10.1. The Labute approximate surface area is 167 Å². The molecule has 0 atom stereocenters. The summed E-state index contributed by atoms with van der Waals surface area (Å²) < 4.78 is 0. The number of piperidine rings is 1. The van der Waals surface area contributed by atoms with Crippen LogP contribution in [0.4, 0.5) is 11.6 Å². The van der Waals surface area contributed by atoms with E-state index in [9.17, 15) is 4.79 Å². The summed E-state index contributed by atoms with van der Waals surface area (Å²) in [6.45, 7) is 2.55. The van der Waals surface area contributed by atoms with Gasteiger partial charge in [0.1, 0.15) is 0 Å². The number of carbonyl (C=O) groups excluding carboxylic acids is 1. The van der Waals surface area contributed by atoms with Crippen LogP contribution in [0.1, 0.15) is 29.0 Å². The maximum absolute atomic E-state index is 12.3. The highest BCUT2D eigenvalue weighted by molar-refractivity contribution is 6.31. The van der Waals surface area contributed by atoms with Crippen molar-refractivity contribution in [2.24, 2.45) is 10.7 Å². The van der Waals surface area contributed by atoms with Crippen LogP contribution in [0.5, 0.6) is 0 Å². The maximum atomic E-state index is 12.3. The van der Waals surface area contributed by atoms with Crippen molar-refractivity contribution in [2.75, 3.05) is 24.6 Å². The van der Waals surface area contributed by atoms with Crippen LogP contribution in [0, 0.1) is 0 Å². The third kappa shape index (κ3) is 5.05. The van der Waals surface area contributed by atoms with Gasteiger partial charge in [-0.25, -0.2) is 15.0 Å². The first-order valence-electron chi connectivity index (χ1n) is 8.77. The Bertz CT molecular complexity index is 866. The van der Waals surface area contributed by atoms with Crippen molar-refractivity contribution in [1.29, 1.82) is 0 Å². The van der Waals surface area contributed by atoms with Crippen molar-refractivity contribution in [2.45, 2.75) is 25.4 Å². The molecule has 0 bridgehead atoms. The van der Waals surface area contributed by atoms with Crippen molar-refractivity contribution in [3.05, 3.63) is 40.9 Å². The van der Waals surface area contributed by atoms with E-state index in [0.717, 1.165) is 38.2 Å². The number of halogens is 1. The van der Waals surface area contributed by atoms with Crippen LogP contribution >= 0.6 is 11.6 Å². The second-order valence-corrected chi connectivity index (χ2v) is 6.79. The highest BCUT2D eigenvalue weighted by atomic mass is 35.5. The monoisotopic (exact) mass is 403 g/mol. The summed E-state index contributed by atoms with van der Waals surface area (Å²) in [6, 6.07) is 5.92. The number of likely N-dealkylation sites (tertiary alicyclic amines) is 1. The second kappa shape index (κ2) is 8.81. The lowest BCUT2D eigenvalue weighted by molar-refractivity contribution is 0.0972. The number of pyridine rings is 1. The maximum Gasteiger partial charge on any atom is 0.280 e. The third-order valence-corrected chi connectivity index (χ3v) is 4.63. The fourth-order valence-corrected chi connectivity index (χ4v) is 3.07. The molecule has 0 aromatic carbocycles. The van der Waals surface area contributed by atoms with E-state index in [0.29, 0.717) is 0 Å². The Hall–Kier alpha value is -2.98. The molecule has 1 aliphatic heterocycles. The minimum Gasteiger partial charge on any atom is -0.382 e. The molecule has 10 nitrogen and oxygen atoms in total. The summed E-state index contributed by atoms with van der Waals surface area (Å²) in [6.07, 6.45) is 3.46. The number of carbonyl (C=O) groups is 1. The number of hydrogen-bond donors (Lipinski definition) is 4. The van der Waals surface area contributed by atoms with Gasteiger partial charge in [0, 0.05) is 25.8 Å². The molecule has 1 fully saturated rings. The molecule has 0 spiro atoms. The number of nitrogens with one attached hydrogen (secondary N) is 1. The van der Waals surface area contributed by atoms with E-state index in [2.05, 4.69) is 30.2 Å². The van der Waals surface area contributed by atoms with Crippen LogP contribution < -0.4 is 22.5 Å². The molecule has 11 heteroatoms. The van der Waals surface area contributed by atoms with Crippen molar-refractivity contribution in [1.82, 2.24) is 25.2 Å². The molecule has 0 aliphatic carbocycles. The molecule has 0 unspecified atom stereocenters. The van der Waals surface area contributed by atoms with E-state index in [-0.39, 0.29) is 34.5 Å². The minimum atomic E-state index is -0.638. The van der Waals surface area contributed by atoms with Gasteiger partial charge in [-0.2, -0.15) is 0 Å². The quantitative estimate of drug-likeness (QED) is 0.421. The first kappa shape index (κ1) is 19.8. The minimum absolute atomic E-state index is 0.00215. The number of rotatable bonds is 4. The normalized spacial score (nSPS) is 16.1. The first-order chi connectivity index (χ1) is 13.4. The zero-order chi connectivity index (χ0) is 20.1. The topological polar surface area (TPSA) is 161 Å². The molecule has 1 amide bonds. The molecule has 2 aromatic rings. The summed E-state index contributed by atoms with van der Waals surface area (Å²) in [5, 5.41) is 2.36. The molecule has 1 aliphatic rings. The average Bonchev–Trinajstić information content (AvgIpc) is 2.67. The standard InChI is InChI=1S/C17H22ClN9O/c18-13-15(20)25-14(19)12(24-13)16(28)26-17(21)23-10-4-7-27(8-5-10)9-11-3-1-2-6-22-11/h1-3,6,10H,4-5,7-9H2,(H4,19,20,25)(H3,21,23,26,28). The Morgan fingerprint density at radius 1 is 1.25 bits per heavy atom. The molecular weight excluding hydrogens is 382 g/mol. The van der Waals surface area contributed by atoms with Crippen molar-refractivity contribution >= 4 is 35.1 Å². The van der Waals surface area contributed by atoms with Crippen molar-refractivity contribution in [3.8, 4) is 0 Å². The molecule has 3 heterocycles. The van der Waals surface area contributed by atoms with Crippen LogP contribution in [-0.4, -0.2) is 50.8 Å². The van der Waals surface area contributed by atoms with Gasteiger partial charge in [-0.15, -0.1) is 0 Å². The van der Waals surface area contributed by atoms with Crippen molar-refractivity contribution < 1.29 is 4.79 Å². The van der Waals surface area contributed by atoms with Gasteiger partial charge < -0.3 is 17.2 Å². The van der Waals surface area contributed by atoms with Gasteiger partial charge in [0.25, 0.3) is 5.91 Å². The van der Waals surface area contributed by atoms with E-state index < -0.39 is 5.91 Å². The van der Waals surface area contributed by atoms with Gasteiger partial charge in [-0.3, -0.25) is 20.0 Å². The summed E-state index contributed by atoms with van der Waals surface area (Å²) in [7, 11) is 0. The average molecular weight is 404 g/mol. The number of aliphatic imine (C=N–C) groups is 1. The number of nitrogens with two attached hydrogens (primary N) is 3. The van der Waals surface area contributed by atoms with Gasteiger partial charge >= 0.3 is 0 Å². The smallest absolute Gasteiger partial charge is 0.280 e. The number of nitrogen functional groups attached to an aromatic ring is 2. The number of hydrogen-bond acceptors (Lipinski definition) is 8. The number of anilines is 2. The molecule has 7 N–H and O–H groups in total. The molecule has 0 radical (unpaired) electrons. The van der Waals surface area contributed by atoms with Crippen LogP contribution in [0.2, 0.25) is 5.15 Å². The number of amides is 1. The van der Waals surface area contributed by atoms with E-state index in [1.165, 1.54) is 0 Å². The second-order valence-electron chi connectivity index (χ2n) is 6.43. The SMILES string of the molecule is NC(=NC1CCN(Cc2ccccn2)CC1)NC(=O)c1nc(Cl)c(N)nc1N. The lowest BCUT2D eigenvalue weighted by Gasteiger charge is -2.30. The largest absolute Gasteiger partial charge is 0.382 e. The van der Waals surface area contributed by atoms with Crippen molar-refractivity contribution in [3.63, 3.8) is 0 Å². The van der Waals surface area contributed by atoms with Gasteiger partial charge in [0.2, 0.25) is 0 Å². The molecule has 1 saturated heterocycles. The zero-order valence-corrected chi connectivity index (χ0v) is 15.9. The molecule has 148 valence electrons. The fourth-order valence-electron chi connectivity index (χ4n) is 2.94. The predicted molar refractivity (Wildman–Crippen MR) is 107 cm³/mol. The molecule has 3 rings (SSSR count). The molecule has 2 aromatic heterocycles.